The van der Waals surface area contributed by atoms with Crippen molar-refractivity contribution in [1.29, 1.82) is 0 Å². The van der Waals surface area contributed by atoms with Crippen molar-refractivity contribution in [3.8, 4) is 0 Å². The van der Waals surface area contributed by atoms with Crippen LogP contribution in [0, 0.1) is 0 Å². The number of carbonyl (C=O) groups excluding carboxylic acids is 2. The lowest BCUT2D eigenvalue weighted by Gasteiger charge is -2.15. The number of nitrogens with one attached hydrogen (secondary N) is 2. The van der Waals surface area contributed by atoms with E-state index in [2.05, 4.69) is 34.9 Å². The molecule has 2 atom stereocenters. The Bertz CT molecular complexity index is 652. The third-order valence-corrected chi connectivity index (χ3v) is 4.81. The van der Waals surface area contributed by atoms with Crippen LogP contribution in [-0.4, -0.2) is 23.9 Å². The molecule has 0 spiro atoms. The zero-order valence-corrected chi connectivity index (χ0v) is 17.0. The number of rotatable bonds is 11. The van der Waals surface area contributed by atoms with Crippen molar-refractivity contribution in [1.82, 2.24) is 10.6 Å². The Balaban J connectivity index is 1.58. The van der Waals surface area contributed by atoms with Crippen molar-refractivity contribution in [3.63, 3.8) is 0 Å². The molecule has 0 heterocycles. The van der Waals surface area contributed by atoms with Crippen molar-refractivity contribution in [3.05, 3.63) is 71.8 Å². The van der Waals surface area contributed by atoms with Crippen molar-refractivity contribution in [2.24, 2.45) is 0 Å². The van der Waals surface area contributed by atoms with Gasteiger partial charge in [-0.2, -0.15) is 0 Å². The highest BCUT2D eigenvalue weighted by Crippen LogP contribution is 2.06. The number of aryl methyl sites for hydroxylation is 2. The predicted molar refractivity (Wildman–Crippen MR) is 114 cm³/mol. The van der Waals surface area contributed by atoms with Gasteiger partial charge in [-0.1, -0.05) is 60.7 Å². The van der Waals surface area contributed by atoms with Gasteiger partial charge >= 0.3 is 0 Å². The molecule has 0 unspecified atom stereocenters. The largest absolute Gasteiger partial charge is 0.354 e. The number of benzene rings is 2. The van der Waals surface area contributed by atoms with E-state index in [1.165, 1.54) is 11.1 Å². The SMILES string of the molecule is C[C@H](CCc1ccccc1)NC(=O)CCC(=O)N[C@@H](C)CCc1ccccc1. The van der Waals surface area contributed by atoms with E-state index in [4.69, 9.17) is 0 Å². The van der Waals surface area contributed by atoms with E-state index in [1.807, 2.05) is 50.2 Å². The Hall–Kier alpha value is -2.62. The summed E-state index contributed by atoms with van der Waals surface area (Å²) < 4.78 is 0. The van der Waals surface area contributed by atoms with E-state index in [-0.39, 0.29) is 36.7 Å². The molecule has 2 N–H and O–H groups in total. The van der Waals surface area contributed by atoms with Crippen LogP contribution in [-0.2, 0) is 22.4 Å². The van der Waals surface area contributed by atoms with Crippen molar-refractivity contribution in [2.75, 3.05) is 0 Å². The monoisotopic (exact) mass is 380 g/mol. The second-order valence-electron chi connectivity index (χ2n) is 7.49. The van der Waals surface area contributed by atoms with Crippen LogP contribution in [0.2, 0.25) is 0 Å². The fourth-order valence-electron chi connectivity index (χ4n) is 3.12. The van der Waals surface area contributed by atoms with Crippen LogP contribution in [0.15, 0.2) is 60.7 Å². The maximum atomic E-state index is 12.1. The van der Waals surface area contributed by atoms with Gasteiger partial charge < -0.3 is 10.6 Å². The first-order valence-electron chi connectivity index (χ1n) is 10.2. The predicted octanol–water partition coefficient (Wildman–Crippen LogP) is 4.04. The molecule has 0 saturated heterocycles. The Morgan fingerprint density at radius 3 is 1.39 bits per heavy atom. The summed E-state index contributed by atoms with van der Waals surface area (Å²) in [7, 11) is 0. The van der Waals surface area contributed by atoms with Gasteiger partial charge in [-0.15, -0.1) is 0 Å². The highest BCUT2D eigenvalue weighted by molar-refractivity contribution is 5.83. The average Bonchev–Trinajstić information content (AvgIpc) is 2.71. The first kappa shape index (κ1) is 21.7. The smallest absolute Gasteiger partial charge is 0.220 e. The van der Waals surface area contributed by atoms with Gasteiger partial charge in [-0.25, -0.2) is 0 Å². The summed E-state index contributed by atoms with van der Waals surface area (Å²) in [5.41, 5.74) is 2.54. The van der Waals surface area contributed by atoms with Gasteiger partial charge in [-0.05, 0) is 50.7 Å². The molecule has 0 radical (unpaired) electrons. The third kappa shape index (κ3) is 8.85. The molecule has 4 nitrogen and oxygen atoms in total. The zero-order chi connectivity index (χ0) is 20.2. The lowest BCUT2D eigenvalue weighted by molar-refractivity contribution is -0.127. The standard InChI is InChI=1S/C24H32N2O2/c1-19(13-15-21-9-5-3-6-10-21)25-23(27)17-18-24(28)26-20(2)14-16-22-11-7-4-8-12-22/h3-12,19-20H,13-18H2,1-2H3,(H,25,27)(H,26,28)/t19-,20+. The molecule has 28 heavy (non-hydrogen) atoms. The Labute approximate surface area is 168 Å². The number of hydrogen-bond acceptors (Lipinski definition) is 2. The van der Waals surface area contributed by atoms with Gasteiger partial charge in [0.05, 0.1) is 0 Å². The molecule has 0 bridgehead atoms. The molecule has 0 aliphatic rings. The molecule has 2 amide bonds. The zero-order valence-electron chi connectivity index (χ0n) is 17.0. The number of carbonyl (C=O) groups is 2. The van der Waals surface area contributed by atoms with Crippen LogP contribution in [0.4, 0.5) is 0 Å². The Kier molecular flexibility index (Phi) is 9.26. The highest BCUT2D eigenvalue weighted by atomic mass is 16.2. The van der Waals surface area contributed by atoms with Gasteiger partial charge in [0.15, 0.2) is 0 Å². The van der Waals surface area contributed by atoms with Crippen molar-refractivity contribution >= 4 is 11.8 Å². The lowest BCUT2D eigenvalue weighted by Crippen LogP contribution is -2.36. The van der Waals surface area contributed by atoms with Gasteiger partial charge in [0.2, 0.25) is 11.8 Å². The average molecular weight is 381 g/mol. The first-order chi connectivity index (χ1) is 13.5. The van der Waals surface area contributed by atoms with Crippen LogP contribution in [0.25, 0.3) is 0 Å². The fraction of sp³-hybridized carbons (Fsp3) is 0.417. The Morgan fingerprint density at radius 2 is 1.04 bits per heavy atom. The van der Waals surface area contributed by atoms with Gasteiger partial charge in [0, 0.05) is 24.9 Å². The summed E-state index contributed by atoms with van der Waals surface area (Å²) in [6, 6.07) is 20.7. The minimum Gasteiger partial charge on any atom is -0.354 e. The second-order valence-corrected chi connectivity index (χ2v) is 7.49. The lowest BCUT2D eigenvalue weighted by atomic mass is 10.1. The minimum absolute atomic E-state index is 0.0624. The van der Waals surface area contributed by atoms with E-state index < -0.39 is 0 Å². The van der Waals surface area contributed by atoms with Crippen LogP contribution in [0.3, 0.4) is 0 Å². The van der Waals surface area contributed by atoms with Crippen LogP contribution in [0.1, 0.15) is 50.7 Å². The maximum Gasteiger partial charge on any atom is 0.220 e. The molecule has 2 aromatic rings. The van der Waals surface area contributed by atoms with E-state index in [0.29, 0.717) is 0 Å². The van der Waals surface area contributed by atoms with Gasteiger partial charge in [-0.3, -0.25) is 9.59 Å². The summed E-state index contributed by atoms with van der Waals surface area (Å²) in [5, 5.41) is 5.97. The number of amides is 2. The molecular weight excluding hydrogens is 348 g/mol. The molecule has 0 saturated carbocycles. The second kappa shape index (κ2) is 12.0. The quantitative estimate of drug-likeness (QED) is 0.618. The Morgan fingerprint density at radius 1 is 0.679 bits per heavy atom. The van der Waals surface area contributed by atoms with Crippen molar-refractivity contribution < 1.29 is 9.59 Å². The van der Waals surface area contributed by atoms with Gasteiger partial charge in [0.25, 0.3) is 0 Å². The number of hydrogen-bond donors (Lipinski definition) is 2. The summed E-state index contributed by atoms with van der Waals surface area (Å²) in [6.45, 7) is 4.01. The first-order valence-corrected chi connectivity index (χ1v) is 10.2. The normalized spacial score (nSPS) is 12.8. The minimum atomic E-state index is -0.0624. The molecule has 0 aromatic heterocycles. The highest BCUT2D eigenvalue weighted by Gasteiger charge is 2.12. The molecule has 2 aromatic carbocycles. The third-order valence-electron chi connectivity index (χ3n) is 4.81. The molecule has 0 aliphatic carbocycles. The molecule has 0 fully saturated rings. The summed E-state index contributed by atoms with van der Waals surface area (Å²) in [5.74, 6) is -0.125. The van der Waals surface area contributed by atoms with Gasteiger partial charge in [0.1, 0.15) is 0 Å². The van der Waals surface area contributed by atoms with E-state index in [1.54, 1.807) is 0 Å². The van der Waals surface area contributed by atoms with Crippen LogP contribution >= 0.6 is 0 Å². The van der Waals surface area contributed by atoms with Crippen LogP contribution in [0.5, 0.6) is 0 Å². The van der Waals surface area contributed by atoms with Crippen LogP contribution < -0.4 is 10.6 Å². The van der Waals surface area contributed by atoms with E-state index in [9.17, 15) is 9.59 Å². The van der Waals surface area contributed by atoms with E-state index >= 15 is 0 Å². The topological polar surface area (TPSA) is 58.2 Å². The molecule has 150 valence electrons. The molecule has 4 heteroatoms. The molecule has 2 rings (SSSR count). The summed E-state index contributed by atoms with van der Waals surface area (Å²) in [4.78, 5) is 24.1. The summed E-state index contributed by atoms with van der Waals surface area (Å²) in [6.07, 6.45) is 4.10. The molecular formula is C24H32N2O2. The van der Waals surface area contributed by atoms with Crippen molar-refractivity contribution in [2.45, 2.75) is 64.5 Å². The summed E-state index contributed by atoms with van der Waals surface area (Å²) >= 11 is 0. The van der Waals surface area contributed by atoms with E-state index in [0.717, 1.165) is 25.7 Å². The molecule has 0 aliphatic heterocycles. The fourth-order valence-corrected chi connectivity index (χ4v) is 3.12. The maximum absolute atomic E-state index is 12.1.